The Morgan fingerprint density at radius 2 is 2.07 bits per heavy atom. The highest BCUT2D eigenvalue weighted by Crippen LogP contribution is 2.13. The van der Waals surface area contributed by atoms with Crippen molar-refractivity contribution in [3.05, 3.63) is 35.4 Å². The number of ether oxygens (including phenoxy) is 1. The van der Waals surface area contributed by atoms with E-state index in [4.69, 9.17) is 0 Å². The lowest BCUT2D eigenvalue weighted by molar-refractivity contribution is 0.0600. The monoisotopic (exact) mass is 205 g/mol. The van der Waals surface area contributed by atoms with Gasteiger partial charge >= 0.3 is 5.97 Å². The van der Waals surface area contributed by atoms with Crippen molar-refractivity contribution in [3.63, 3.8) is 0 Å². The van der Waals surface area contributed by atoms with Crippen molar-refractivity contribution in [1.82, 2.24) is 5.32 Å². The molecule has 1 saturated heterocycles. The fourth-order valence-corrected chi connectivity index (χ4v) is 1.72. The molecule has 1 aromatic carbocycles. The zero-order valence-corrected chi connectivity index (χ0v) is 8.82. The predicted molar refractivity (Wildman–Crippen MR) is 57.8 cm³/mol. The minimum Gasteiger partial charge on any atom is -0.465 e. The number of rotatable bonds is 3. The zero-order chi connectivity index (χ0) is 10.7. The van der Waals surface area contributed by atoms with Crippen molar-refractivity contribution in [2.75, 3.05) is 20.2 Å². The van der Waals surface area contributed by atoms with Crippen molar-refractivity contribution >= 4 is 5.97 Å². The summed E-state index contributed by atoms with van der Waals surface area (Å²) in [6, 6.07) is 7.66. The Bertz CT molecular complexity index is 341. The van der Waals surface area contributed by atoms with Crippen LogP contribution in [0.1, 0.15) is 15.9 Å². The van der Waals surface area contributed by atoms with Gasteiger partial charge < -0.3 is 10.1 Å². The molecule has 3 nitrogen and oxygen atoms in total. The molecule has 0 unspecified atom stereocenters. The Morgan fingerprint density at radius 3 is 2.53 bits per heavy atom. The Labute approximate surface area is 89.4 Å². The van der Waals surface area contributed by atoms with Crippen LogP contribution < -0.4 is 5.32 Å². The molecule has 0 saturated carbocycles. The number of esters is 1. The number of carbonyl (C=O) groups excluding carboxylic acids is 1. The molecule has 2 rings (SSSR count). The van der Waals surface area contributed by atoms with E-state index < -0.39 is 0 Å². The summed E-state index contributed by atoms with van der Waals surface area (Å²) >= 11 is 0. The summed E-state index contributed by atoms with van der Waals surface area (Å²) in [6.07, 6.45) is 1.09. The van der Waals surface area contributed by atoms with Gasteiger partial charge in [-0.3, -0.25) is 0 Å². The molecule has 0 radical (unpaired) electrons. The van der Waals surface area contributed by atoms with Crippen LogP contribution in [0.25, 0.3) is 0 Å². The molecule has 1 aromatic rings. The Balaban J connectivity index is 1.99. The Morgan fingerprint density at radius 1 is 1.40 bits per heavy atom. The SMILES string of the molecule is COC(=O)c1ccc(CC2CNC2)cc1. The van der Waals surface area contributed by atoms with Crippen molar-refractivity contribution in [1.29, 1.82) is 0 Å². The van der Waals surface area contributed by atoms with Crippen molar-refractivity contribution < 1.29 is 9.53 Å². The van der Waals surface area contributed by atoms with Crippen LogP contribution in [0, 0.1) is 5.92 Å². The van der Waals surface area contributed by atoms with Crippen molar-refractivity contribution in [2.24, 2.45) is 5.92 Å². The van der Waals surface area contributed by atoms with Gasteiger partial charge in [-0.15, -0.1) is 0 Å². The second-order valence-electron chi connectivity index (χ2n) is 3.92. The largest absolute Gasteiger partial charge is 0.465 e. The van der Waals surface area contributed by atoms with Crippen molar-refractivity contribution in [2.45, 2.75) is 6.42 Å². The Hall–Kier alpha value is -1.35. The van der Waals surface area contributed by atoms with Crippen molar-refractivity contribution in [3.8, 4) is 0 Å². The quantitative estimate of drug-likeness (QED) is 0.754. The van der Waals surface area contributed by atoms with Gasteiger partial charge in [-0.25, -0.2) is 4.79 Å². The highest BCUT2D eigenvalue weighted by molar-refractivity contribution is 5.89. The van der Waals surface area contributed by atoms with Crippen LogP contribution in [0.3, 0.4) is 0 Å². The van der Waals surface area contributed by atoms with E-state index in [0.29, 0.717) is 5.56 Å². The van der Waals surface area contributed by atoms with Gasteiger partial charge in [-0.2, -0.15) is 0 Å². The summed E-state index contributed by atoms with van der Waals surface area (Å²) in [5.41, 5.74) is 1.90. The summed E-state index contributed by atoms with van der Waals surface area (Å²) in [6.45, 7) is 2.22. The van der Waals surface area contributed by atoms with E-state index in [9.17, 15) is 4.79 Å². The van der Waals surface area contributed by atoms with E-state index in [1.54, 1.807) is 0 Å². The number of nitrogens with one attached hydrogen (secondary N) is 1. The third-order valence-corrected chi connectivity index (χ3v) is 2.77. The van der Waals surface area contributed by atoms with Gasteiger partial charge in [-0.1, -0.05) is 12.1 Å². The molecule has 1 aliphatic rings. The number of carbonyl (C=O) groups is 1. The second-order valence-corrected chi connectivity index (χ2v) is 3.92. The van der Waals surface area contributed by atoms with Crippen LogP contribution in [0.2, 0.25) is 0 Å². The summed E-state index contributed by atoms with van der Waals surface area (Å²) < 4.78 is 4.64. The maximum atomic E-state index is 11.2. The Kier molecular flexibility index (Phi) is 3.02. The van der Waals surface area contributed by atoms with Gasteiger partial charge in [0.1, 0.15) is 0 Å². The summed E-state index contributed by atoms with van der Waals surface area (Å²) in [5.74, 6) is 0.487. The first kappa shape index (κ1) is 10.2. The first-order valence-electron chi connectivity index (χ1n) is 5.17. The molecular formula is C12H15NO2. The first-order chi connectivity index (χ1) is 7.29. The lowest BCUT2D eigenvalue weighted by Gasteiger charge is -2.27. The molecule has 0 amide bonds. The highest BCUT2D eigenvalue weighted by atomic mass is 16.5. The third kappa shape index (κ3) is 2.36. The molecule has 0 atom stereocenters. The van der Waals surface area contributed by atoms with E-state index >= 15 is 0 Å². The third-order valence-electron chi connectivity index (χ3n) is 2.77. The normalized spacial score (nSPS) is 15.8. The molecule has 0 aliphatic carbocycles. The molecule has 80 valence electrons. The van der Waals surface area contributed by atoms with Gasteiger partial charge in [0.2, 0.25) is 0 Å². The van der Waals surface area contributed by atoms with Gasteiger partial charge in [0, 0.05) is 0 Å². The molecule has 15 heavy (non-hydrogen) atoms. The van der Waals surface area contributed by atoms with Gasteiger partial charge in [-0.05, 0) is 43.1 Å². The van der Waals surface area contributed by atoms with Gasteiger partial charge in [0.15, 0.2) is 0 Å². The summed E-state index contributed by atoms with van der Waals surface area (Å²) in [7, 11) is 1.40. The van der Waals surface area contributed by atoms with E-state index in [1.807, 2.05) is 24.3 Å². The standard InChI is InChI=1S/C12H15NO2/c1-15-12(14)11-4-2-9(3-5-11)6-10-7-13-8-10/h2-5,10,13H,6-8H2,1H3. The van der Waals surface area contributed by atoms with Gasteiger partial charge in [0.25, 0.3) is 0 Å². The van der Waals surface area contributed by atoms with Crippen LogP contribution in [-0.2, 0) is 11.2 Å². The number of methoxy groups -OCH3 is 1. The highest BCUT2D eigenvalue weighted by Gasteiger charge is 2.16. The predicted octanol–water partition coefficient (Wildman–Crippen LogP) is 1.24. The minimum atomic E-state index is -0.271. The van der Waals surface area contributed by atoms with Crippen LogP contribution in [0.15, 0.2) is 24.3 Å². The molecular weight excluding hydrogens is 190 g/mol. The zero-order valence-electron chi connectivity index (χ0n) is 8.82. The van der Waals surface area contributed by atoms with E-state index in [1.165, 1.54) is 12.7 Å². The average Bonchev–Trinajstić information content (AvgIpc) is 2.23. The number of hydrogen-bond acceptors (Lipinski definition) is 3. The molecule has 1 heterocycles. The van der Waals surface area contributed by atoms with E-state index in [2.05, 4.69) is 10.1 Å². The molecule has 0 bridgehead atoms. The number of hydrogen-bond donors (Lipinski definition) is 1. The fraction of sp³-hybridized carbons (Fsp3) is 0.417. The second kappa shape index (κ2) is 4.45. The van der Waals surface area contributed by atoms with Gasteiger partial charge in [0.05, 0.1) is 12.7 Å². The lowest BCUT2D eigenvalue weighted by atomic mass is 9.94. The minimum absolute atomic E-state index is 0.271. The molecule has 3 heteroatoms. The van der Waals surface area contributed by atoms with Crippen LogP contribution in [-0.4, -0.2) is 26.2 Å². The van der Waals surface area contributed by atoms with Crippen LogP contribution in [0.5, 0.6) is 0 Å². The first-order valence-corrected chi connectivity index (χ1v) is 5.17. The maximum Gasteiger partial charge on any atom is 0.337 e. The summed E-state index contributed by atoms with van der Waals surface area (Å²) in [5, 5.41) is 3.25. The smallest absolute Gasteiger partial charge is 0.337 e. The van der Waals surface area contributed by atoms with E-state index in [0.717, 1.165) is 25.4 Å². The van der Waals surface area contributed by atoms with E-state index in [-0.39, 0.29) is 5.97 Å². The molecule has 0 spiro atoms. The van der Waals surface area contributed by atoms with Crippen LogP contribution in [0.4, 0.5) is 0 Å². The lowest BCUT2D eigenvalue weighted by Crippen LogP contribution is -2.43. The topological polar surface area (TPSA) is 38.3 Å². The average molecular weight is 205 g/mol. The molecule has 1 N–H and O–H groups in total. The molecule has 1 aliphatic heterocycles. The van der Waals surface area contributed by atoms with Crippen LogP contribution >= 0.6 is 0 Å². The fourth-order valence-electron chi connectivity index (χ4n) is 1.72. The molecule has 1 fully saturated rings. The summed E-state index contributed by atoms with van der Waals surface area (Å²) in [4.78, 5) is 11.2. The maximum absolute atomic E-state index is 11.2. The number of benzene rings is 1. The molecule has 0 aromatic heterocycles.